The van der Waals surface area contributed by atoms with E-state index in [4.69, 9.17) is 22.2 Å². The number of benzene rings is 2. The number of piperidine rings is 1. The quantitative estimate of drug-likeness (QED) is 0.475. The second-order valence-electron chi connectivity index (χ2n) is 8.16. The van der Waals surface area contributed by atoms with Crippen molar-refractivity contribution >= 4 is 34.0 Å². The molecule has 2 aromatic carbocycles. The molecule has 30 heavy (non-hydrogen) atoms. The summed E-state index contributed by atoms with van der Waals surface area (Å²) in [6, 6.07) is 11.3. The van der Waals surface area contributed by atoms with Crippen molar-refractivity contribution in [1.82, 2.24) is 14.9 Å². The van der Waals surface area contributed by atoms with Gasteiger partial charge in [0.25, 0.3) is 0 Å². The van der Waals surface area contributed by atoms with Gasteiger partial charge in [0.1, 0.15) is 12.1 Å². The number of hydrogen-bond donors (Lipinski definition) is 2. The number of halogens is 2. The third kappa shape index (κ3) is 3.37. The van der Waals surface area contributed by atoms with E-state index in [0.717, 1.165) is 35.7 Å². The maximum absolute atomic E-state index is 13.8. The molecule has 6 nitrogen and oxygen atoms in total. The molecule has 2 fully saturated rings. The minimum Gasteiger partial charge on any atom is -0.399 e. The van der Waals surface area contributed by atoms with Crippen LogP contribution in [0.1, 0.15) is 30.7 Å². The fourth-order valence-electron chi connectivity index (χ4n) is 4.99. The molecule has 0 saturated carbocycles. The van der Waals surface area contributed by atoms with E-state index in [1.165, 1.54) is 12.4 Å². The standard InChI is InChI=1S/C22H23ClFN5O/c1-29-14-4-7-19(29)21(12-2-5-17(24)16(23)8-12)20(10-14)30-28-22-15-9-13(25)3-6-18(15)26-11-27-22/h2-3,5-6,8-9,11,14,19-21H,4,7,10,25H2,1H3,(H,26,27,28). The Hall–Kier alpha value is -2.48. The van der Waals surface area contributed by atoms with E-state index in [1.54, 1.807) is 6.07 Å². The van der Waals surface area contributed by atoms with E-state index in [0.29, 0.717) is 23.6 Å². The van der Waals surface area contributed by atoms with Gasteiger partial charge in [0.15, 0.2) is 5.82 Å². The fourth-order valence-corrected chi connectivity index (χ4v) is 5.17. The second-order valence-corrected chi connectivity index (χ2v) is 8.56. The zero-order chi connectivity index (χ0) is 20.8. The summed E-state index contributed by atoms with van der Waals surface area (Å²) in [5.41, 5.74) is 11.4. The number of nitrogen functional groups attached to an aromatic ring is 1. The number of hydrogen-bond acceptors (Lipinski definition) is 6. The Morgan fingerprint density at radius 2 is 2.07 bits per heavy atom. The topological polar surface area (TPSA) is 76.3 Å². The number of nitrogens with two attached hydrogens (primary N) is 1. The molecule has 0 aliphatic carbocycles. The van der Waals surface area contributed by atoms with Crippen LogP contribution in [0.2, 0.25) is 5.02 Å². The van der Waals surface area contributed by atoms with Crippen LogP contribution in [0.4, 0.5) is 15.9 Å². The zero-order valence-corrected chi connectivity index (χ0v) is 17.3. The van der Waals surface area contributed by atoms with Gasteiger partial charge >= 0.3 is 0 Å². The van der Waals surface area contributed by atoms with E-state index in [-0.39, 0.29) is 17.0 Å². The maximum Gasteiger partial charge on any atom is 0.161 e. The molecule has 3 heterocycles. The van der Waals surface area contributed by atoms with Gasteiger partial charge in [-0.25, -0.2) is 19.8 Å². The molecule has 3 aromatic rings. The molecule has 3 N–H and O–H groups in total. The van der Waals surface area contributed by atoms with Gasteiger partial charge in [-0.2, -0.15) is 0 Å². The van der Waals surface area contributed by atoms with Gasteiger partial charge in [-0.3, -0.25) is 9.74 Å². The first-order valence-electron chi connectivity index (χ1n) is 10.1. The molecule has 0 amide bonds. The summed E-state index contributed by atoms with van der Waals surface area (Å²) in [4.78, 5) is 17.3. The van der Waals surface area contributed by atoms with Gasteiger partial charge in [0.05, 0.1) is 16.6 Å². The summed E-state index contributed by atoms with van der Waals surface area (Å²) in [6.07, 6.45) is 4.46. The molecule has 5 rings (SSSR count). The molecular weight excluding hydrogens is 405 g/mol. The largest absolute Gasteiger partial charge is 0.399 e. The molecule has 2 aliphatic rings. The summed E-state index contributed by atoms with van der Waals surface area (Å²) in [6.45, 7) is 0. The molecular formula is C22H23ClFN5O. The summed E-state index contributed by atoms with van der Waals surface area (Å²) >= 11 is 6.10. The zero-order valence-electron chi connectivity index (χ0n) is 16.6. The van der Waals surface area contributed by atoms with Gasteiger partial charge < -0.3 is 5.73 Å². The van der Waals surface area contributed by atoms with Crippen molar-refractivity contribution in [2.75, 3.05) is 18.3 Å². The summed E-state index contributed by atoms with van der Waals surface area (Å²) in [5.74, 6) is 0.238. The number of anilines is 2. The Morgan fingerprint density at radius 3 is 2.90 bits per heavy atom. The SMILES string of the molecule is CN1C2CCC1C(c1ccc(F)c(Cl)c1)C(ONc1ncnc3ccc(N)cc13)C2. The van der Waals surface area contributed by atoms with Crippen molar-refractivity contribution in [3.63, 3.8) is 0 Å². The van der Waals surface area contributed by atoms with Crippen molar-refractivity contribution in [3.05, 3.63) is 59.1 Å². The first-order chi connectivity index (χ1) is 14.5. The van der Waals surface area contributed by atoms with Gasteiger partial charge in [0.2, 0.25) is 0 Å². The minimum absolute atomic E-state index is 0.0671. The predicted octanol–water partition coefficient (Wildman–Crippen LogP) is 4.37. The molecule has 4 unspecified atom stereocenters. The highest BCUT2D eigenvalue weighted by Crippen LogP contribution is 2.45. The molecule has 0 radical (unpaired) electrons. The summed E-state index contributed by atoms with van der Waals surface area (Å²) in [7, 11) is 2.16. The van der Waals surface area contributed by atoms with Gasteiger partial charge in [-0.15, -0.1) is 0 Å². The highest BCUT2D eigenvalue weighted by Gasteiger charge is 2.47. The van der Waals surface area contributed by atoms with Crippen molar-refractivity contribution in [3.8, 4) is 0 Å². The van der Waals surface area contributed by atoms with E-state index in [1.807, 2.05) is 24.3 Å². The predicted molar refractivity (Wildman–Crippen MR) is 116 cm³/mol. The van der Waals surface area contributed by atoms with Crippen LogP contribution in [0, 0.1) is 5.82 Å². The fraction of sp³-hybridized carbons (Fsp3) is 0.364. The summed E-state index contributed by atoms with van der Waals surface area (Å²) in [5, 5.41) is 0.939. The van der Waals surface area contributed by atoms with Gasteiger partial charge in [-0.05, 0) is 62.2 Å². The Balaban J connectivity index is 1.45. The Labute approximate surface area is 179 Å². The highest BCUT2D eigenvalue weighted by molar-refractivity contribution is 6.30. The van der Waals surface area contributed by atoms with Crippen LogP contribution in [-0.2, 0) is 4.84 Å². The van der Waals surface area contributed by atoms with Crippen LogP contribution >= 0.6 is 11.6 Å². The number of aromatic nitrogens is 2. The smallest absolute Gasteiger partial charge is 0.161 e. The molecule has 0 spiro atoms. The lowest BCUT2D eigenvalue weighted by Crippen LogP contribution is -2.49. The normalized spacial score (nSPS) is 26.2. The first kappa shape index (κ1) is 19.5. The van der Waals surface area contributed by atoms with Crippen LogP contribution in [0.3, 0.4) is 0 Å². The number of rotatable bonds is 4. The lowest BCUT2D eigenvalue weighted by Gasteiger charge is -2.42. The minimum atomic E-state index is -0.408. The third-order valence-corrected chi connectivity index (χ3v) is 6.80. The second kappa shape index (κ2) is 7.65. The van der Waals surface area contributed by atoms with Crippen LogP contribution in [0.25, 0.3) is 10.9 Å². The van der Waals surface area contributed by atoms with E-state index in [9.17, 15) is 4.39 Å². The third-order valence-electron chi connectivity index (χ3n) is 6.51. The van der Waals surface area contributed by atoms with Crippen LogP contribution < -0.4 is 11.2 Å². The highest BCUT2D eigenvalue weighted by atomic mass is 35.5. The average Bonchev–Trinajstić information content (AvgIpc) is 2.97. The molecule has 156 valence electrons. The molecule has 1 aromatic heterocycles. The Bertz CT molecular complexity index is 1100. The lowest BCUT2D eigenvalue weighted by molar-refractivity contribution is -0.00526. The number of likely N-dealkylation sites (N-methyl/N-ethyl adjacent to an activating group) is 1. The molecule has 2 aliphatic heterocycles. The molecule has 2 bridgehead atoms. The Kier molecular flexibility index (Phi) is 4.97. The monoisotopic (exact) mass is 427 g/mol. The molecule has 4 atom stereocenters. The van der Waals surface area contributed by atoms with E-state index >= 15 is 0 Å². The van der Waals surface area contributed by atoms with E-state index in [2.05, 4.69) is 27.4 Å². The number of nitrogens with one attached hydrogen (secondary N) is 1. The van der Waals surface area contributed by atoms with Crippen molar-refractivity contribution in [1.29, 1.82) is 0 Å². The van der Waals surface area contributed by atoms with Crippen molar-refractivity contribution < 1.29 is 9.23 Å². The lowest BCUT2D eigenvalue weighted by atomic mass is 9.82. The Morgan fingerprint density at radius 1 is 1.20 bits per heavy atom. The van der Waals surface area contributed by atoms with Crippen molar-refractivity contribution in [2.45, 2.75) is 43.4 Å². The van der Waals surface area contributed by atoms with Crippen molar-refractivity contribution in [2.24, 2.45) is 0 Å². The van der Waals surface area contributed by atoms with Gasteiger partial charge in [0, 0.05) is 29.1 Å². The first-order valence-corrected chi connectivity index (χ1v) is 10.5. The number of fused-ring (bicyclic) bond motifs is 3. The van der Waals surface area contributed by atoms with E-state index < -0.39 is 5.82 Å². The van der Waals surface area contributed by atoms with Crippen LogP contribution in [0.5, 0.6) is 0 Å². The van der Waals surface area contributed by atoms with Crippen LogP contribution in [-0.4, -0.2) is 40.1 Å². The average molecular weight is 428 g/mol. The van der Waals surface area contributed by atoms with Gasteiger partial charge in [-0.1, -0.05) is 17.7 Å². The molecule has 8 heteroatoms. The maximum atomic E-state index is 13.8. The number of nitrogens with zero attached hydrogens (tertiary/aromatic N) is 3. The molecule has 2 saturated heterocycles. The van der Waals surface area contributed by atoms with Crippen LogP contribution in [0.15, 0.2) is 42.7 Å². The summed E-state index contributed by atoms with van der Waals surface area (Å²) < 4.78 is 13.8.